The predicted molar refractivity (Wildman–Crippen MR) is 167 cm³/mol. The van der Waals surface area contributed by atoms with Crippen molar-refractivity contribution in [1.82, 2.24) is 0 Å². The van der Waals surface area contributed by atoms with Crippen molar-refractivity contribution >= 4 is 7.60 Å². The molecule has 0 saturated carbocycles. The summed E-state index contributed by atoms with van der Waals surface area (Å²) in [5.74, 6) is -0.477. The van der Waals surface area contributed by atoms with Gasteiger partial charge in [-0.15, -0.1) is 0 Å². The first-order valence-corrected chi connectivity index (χ1v) is 17.3. The van der Waals surface area contributed by atoms with E-state index in [-0.39, 0.29) is 12.7 Å². The van der Waals surface area contributed by atoms with E-state index >= 15 is 0 Å². The molecule has 0 heterocycles. The summed E-state index contributed by atoms with van der Waals surface area (Å²) in [5.41, 5.74) is -0.391. The normalized spacial score (nSPS) is 16.2. The number of rotatable bonds is 25. The van der Waals surface area contributed by atoms with Crippen molar-refractivity contribution in [3.63, 3.8) is 0 Å². The highest BCUT2D eigenvalue weighted by atomic mass is 31.2. The summed E-state index contributed by atoms with van der Waals surface area (Å²) in [5, 5.41) is 0. The number of hydrogen-bond donors (Lipinski definition) is 1. The van der Waals surface area contributed by atoms with Crippen LogP contribution in [0.15, 0.2) is 24.3 Å². The molecule has 0 aliphatic rings. The Kier molecular flexibility index (Phi) is 21.9. The number of nitrogens with zero attached hydrogens (tertiary/aromatic N) is 1. The van der Waals surface area contributed by atoms with Crippen LogP contribution in [0.4, 0.5) is 0 Å². The molecule has 2 unspecified atom stereocenters. The van der Waals surface area contributed by atoms with Gasteiger partial charge in [0.1, 0.15) is 6.10 Å². The van der Waals surface area contributed by atoms with Gasteiger partial charge >= 0.3 is 7.60 Å². The van der Waals surface area contributed by atoms with Gasteiger partial charge in [-0.1, -0.05) is 63.8 Å². The van der Waals surface area contributed by atoms with E-state index < -0.39 is 19.0 Å². The van der Waals surface area contributed by atoms with Crippen molar-refractivity contribution in [3.05, 3.63) is 24.3 Å². The van der Waals surface area contributed by atoms with Crippen molar-refractivity contribution in [2.75, 3.05) is 41.0 Å². The lowest BCUT2D eigenvalue weighted by Gasteiger charge is -2.36. The molecule has 3 atom stereocenters. The van der Waals surface area contributed by atoms with Crippen molar-refractivity contribution in [3.8, 4) is 0 Å². The van der Waals surface area contributed by atoms with E-state index in [0.717, 1.165) is 19.3 Å². The minimum Gasteiger partial charge on any atom is -0.379 e. The fraction of sp³-hybridized carbons (Fsp3) is 0.875. The average Bonchev–Trinajstić information content (AvgIpc) is 2.82. The zero-order valence-corrected chi connectivity index (χ0v) is 27.9. The molecule has 7 heteroatoms. The van der Waals surface area contributed by atoms with Crippen molar-refractivity contribution < 1.29 is 27.9 Å². The fourth-order valence-corrected chi connectivity index (χ4v) is 6.54. The van der Waals surface area contributed by atoms with Crippen molar-refractivity contribution in [2.24, 2.45) is 0 Å². The maximum atomic E-state index is 12.9. The van der Waals surface area contributed by atoms with Crippen LogP contribution < -0.4 is 0 Å². The Morgan fingerprint density at radius 3 is 1.69 bits per heavy atom. The lowest BCUT2D eigenvalue weighted by Crippen LogP contribution is -2.45. The summed E-state index contributed by atoms with van der Waals surface area (Å²) >= 11 is 0. The quantitative estimate of drug-likeness (QED) is 0.0510. The third kappa shape index (κ3) is 22.8. The van der Waals surface area contributed by atoms with Gasteiger partial charge in [-0.2, -0.15) is 0 Å². The highest BCUT2D eigenvalue weighted by Gasteiger charge is 2.42. The minimum absolute atomic E-state index is 0.0433. The van der Waals surface area contributed by atoms with Crippen LogP contribution in [0.3, 0.4) is 0 Å². The molecule has 1 N–H and O–H groups in total. The van der Waals surface area contributed by atoms with E-state index in [4.69, 9.17) is 14.0 Å². The van der Waals surface area contributed by atoms with Crippen LogP contribution >= 0.6 is 7.60 Å². The Morgan fingerprint density at radius 1 is 0.769 bits per heavy atom. The molecular formula is C32H65NO5P+. The highest BCUT2D eigenvalue weighted by Crippen LogP contribution is 2.51. The average molecular weight is 575 g/mol. The molecule has 0 aliphatic heterocycles. The van der Waals surface area contributed by atoms with Crippen LogP contribution in [-0.2, 0) is 18.6 Å². The first-order chi connectivity index (χ1) is 18.3. The molecule has 0 aromatic carbocycles. The number of allylic oxidation sites excluding steroid dienone is 4. The van der Waals surface area contributed by atoms with E-state index in [0.29, 0.717) is 24.1 Å². The smallest absolute Gasteiger partial charge is 0.379 e. The van der Waals surface area contributed by atoms with Gasteiger partial charge in [-0.3, -0.25) is 4.57 Å². The first-order valence-electron chi connectivity index (χ1n) is 15.7. The van der Waals surface area contributed by atoms with Gasteiger partial charge in [0.05, 0.1) is 40.0 Å². The molecule has 0 rings (SSSR count). The lowest BCUT2D eigenvalue weighted by atomic mass is 10.1. The van der Waals surface area contributed by atoms with Gasteiger partial charge in [0.15, 0.2) is 5.78 Å². The molecule has 0 bridgehead atoms. The molecule has 0 fully saturated rings. The standard InChI is InChI=1S/C32H64NO5P/c1-9-11-12-13-14-15-16-17-18-19-20-21-22-23-24-25-26-27-36-28-30(38-32(3,4)5)29-37-39(34,35)31(10-2)33(6,7)8/h15-16,21-22,30-31H,9-14,17-20,23-29H2,1-8H3/p+1/b16-15-,22-21-/t30-,31?/m1/s1. The Morgan fingerprint density at radius 2 is 1.26 bits per heavy atom. The summed E-state index contributed by atoms with van der Waals surface area (Å²) in [6.45, 7) is 11.2. The van der Waals surface area contributed by atoms with Gasteiger partial charge in [-0.25, -0.2) is 0 Å². The monoisotopic (exact) mass is 574 g/mol. The Labute approximate surface area is 242 Å². The zero-order chi connectivity index (χ0) is 29.6. The van der Waals surface area contributed by atoms with E-state index in [1.165, 1.54) is 64.2 Å². The SMILES string of the molecule is CCCCCC/C=C\CCCC/C=C\CCCCCOC[C@H](COP(=O)(O)C(CC)[N+](C)(C)C)OC(C)(C)C. The Bertz CT molecular complexity index is 681. The third-order valence-corrected chi connectivity index (χ3v) is 8.94. The molecule has 0 amide bonds. The second kappa shape index (κ2) is 22.2. The van der Waals surface area contributed by atoms with E-state index in [9.17, 15) is 9.46 Å². The lowest BCUT2D eigenvalue weighted by molar-refractivity contribution is -0.883. The van der Waals surface area contributed by atoms with Crippen LogP contribution in [0.1, 0.15) is 125 Å². The molecule has 0 aromatic heterocycles. The molecule has 0 aromatic rings. The molecule has 6 nitrogen and oxygen atoms in total. The summed E-state index contributed by atoms with van der Waals surface area (Å²) in [6, 6.07) is 0. The number of hydrogen-bond acceptors (Lipinski definition) is 4. The first kappa shape index (κ1) is 38.5. The van der Waals surface area contributed by atoms with Gasteiger partial charge in [0.2, 0.25) is 0 Å². The van der Waals surface area contributed by atoms with Crippen molar-refractivity contribution in [2.45, 2.75) is 142 Å². The Hall–Kier alpha value is -0.490. The second-order valence-corrected chi connectivity index (χ2v) is 14.7. The van der Waals surface area contributed by atoms with E-state index in [1.807, 2.05) is 48.8 Å². The van der Waals surface area contributed by atoms with E-state index in [2.05, 4.69) is 31.2 Å². The van der Waals surface area contributed by atoms with Crippen LogP contribution in [0.2, 0.25) is 0 Å². The summed E-state index contributed by atoms with van der Waals surface area (Å²) < 4.78 is 30.8. The molecule has 0 aliphatic carbocycles. The largest absolute Gasteiger partial charge is 0.385 e. The van der Waals surface area contributed by atoms with Crippen molar-refractivity contribution in [1.29, 1.82) is 0 Å². The van der Waals surface area contributed by atoms with Gasteiger partial charge in [0.25, 0.3) is 0 Å². The van der Waals surface area contributed by atoms with E-state index in [1.54, 1.807) is 0 Å². The van der Waals surface area contributed by atoms with Crippen LogP contribution in [-0.4, -0.2) is 67.8 Å². The summed E-state index contributed by atoms with van der Waals surface area (Å²) in [7, 11) is 1.95. The van der Waals surface area contributed by atoms with Gasteiger partial charge < -0.3 is 23.4 Å². The number of unbranched alkanes of at least 4 members (excludes halogenated alkanes) is 10. The summed E-state index contributed by atoms with van der Waals surface area (Å²) in [4.78, 5) is 10.6. The van der Waals surface area contributed by atoms with Crippen LogP contribution in [0.25, 0.3) is 0 Å². The van der Waals surface area contributed by atoms with Gasteiger partial charge in [0, 0.05) is 13.0 Å². The van der Waals surface area contributed by atoms with Crippen LogP contribution in [0.5, 0.6) is 0 Å². The molecular weight excluding hydrogens is 509 g/mol. The maximum absolute atomic E-state index is 12.9. The number of ether oxygens (including phenoxy) is 2. The third-order valence-electron chi connectivity index (χ3n) is 6.61. The molecule has 0 saturated heterocycles. The fourth-order valence-electron chi connectivity index (χ4n) is 4.65. The topological polar surface area (TPSA) is 65.0 Å². The molecule has 232 valence electrons. The second-order valence-electron chi connectivity index (χ2n) is 12.7. The highest BCUT2D eigenvalue weighted by molar-refractivity contribution is 7.53. The van der Waals surface area contributed by atoms with Crippen LogP contribution in [0, 0.1) is 0 Å². The maximum Gasteiger partial charge on any atom is 0.385 e. The number of quaternary nitrogens is 1. The minimum atomic E-state index is -3.80. The molecule has 39 heavy (non-hydrogen) atoms. The predicted octanol–water partition coefficient (Wildman–Crippen LogP) is 9.03. The summed E-state index contributed by atoms with van der Waals surface area (Å²) in [6.07, 6.45) is 25.5. The molecule has 0 radical (unpaired) electrons. The molecule has 0 spiro atoms. The van der Waals surface area contributed by atoms with Gasteiger partial charge in [-0.05, 0) is 78.6 Å². The Balaban J connectivity index is 4.05. The zero-order valence-electron chi connectivity index (χ0n) is 27.0.